The maximum absolute atomic E-state index is 11.0. The Hall–Kier alpha value is -6.66. The zero-order chi connectivity index (χ0) is 52.9. The number of carboxylic acid groups (broad SMARTS) is 4. The Morgan fingerprint density at radius 2 is 0.662 bits per heavy atom. The van der Waals surface area contributed by atoms with Gasteiger partial charge in [-0.1, -0.05) is 30.3 Å². The molecule has 71 heavy (non-hydrogen) atoms. The molecule has 31 heteroatoms. The summed E-state index contributed by atoms with van der Waals surface area (Å²) in [5.41, 5.74) is 5.89. The first-order valence-corrected chi connectivity index (χ1v) is 23.0. The fourth-order valence-electron chi connectivity index (χ4n) is 5.06. The van der Waals surface area contributed by atoms with Gasteiger partial charge in [-0.05, 0) is 77.9 Å². The Morgan fingerprint density at radius 1 is 0.380 bits per heavy atom. The number of pyridine rings is 6. The normalized spacial score (nSPS) is 12.8. The van der Waals surface area contributed by atoms with E-state index < -0.39 is 65.7 Å². The Kier molecular flexibility index (Phi) is 21.9. The van der Waals surface area contributed by atoms with Crippen LogP contribution in [0.3, 0.4) is 0 Å². The van der Waals surface area contributed by atoms with Crippen molar-refractivity contribution in [3.8, 4) is 34.2 Å². The molecule has 6 aromatic heterocycles. The van der Waals surface area contributed by atoms with E-state index in [1.165, 1.54) is 22.2 Å². The molecule has 6 aromatic rings. The molecule has 0 radical (unpaired) electrons. The predicted molar refractivity (Wildman–Crippen MR) is 231 cm³/mol. The van der Waals surface area contributed by atoms with Crippen LogP contribution in [0.15, 0.2) is 134 Å². The van der Waals surface area contributed by atoms with E-state index in [-0.39, 0.29) is 32.6 Å². The van der Waals surface area contributed by atoms with E-state index in [0.29, 0.717) is 22.5 Å². The van der Waals surface area contributed by atoms with Gasteiger partial charge in [-0.15, -0.1) is 0 Å². The van der Waals surface area contributed by atoms with Gasteiger partial charge < -0.3 is 20.4 Å². The molecule has 0 bridgehead atoms. The van der Waals surface area contributed by atoms with Crippen LogP contribution in [0.5, 0.6) is 0 Å². The molecule has 0 atom stereocenters. The summed E-state index contributed by atoms with van der Waals surface area (Å²) in [6.07, 6.45) is 10.1. The molecule has 388 valence electrons. The number of hydrogen-bond acceptors (Lipinski definition) is 12. The van der Waals surface area contributed by atoms with Gasteiger partial charge in [-0.25, -0.2) is 0 Å². The van der Waals surface area contributed by atoms with Gasteiger partial charge in [0, 0.05) is 50.3 Å². The standard InChI is InChI=1S/C20H22N4O8.2C10H8N2.2F6P.Ru/c25-17(26)9-23(10-18(27)28)7-13-3-4-21-16(5-13)15-2-1-14(6-22-15)8-24(11-19(29)30)12-20(31)32;2*1-3-7-11-9(5-1)10-6-2-4-8-12-10;2*1-7(2,3,4,5)6;/h1-6H,7-12H2,(H,25,26)(H,27,28)(H,29,30)(H,31,32);2*1-8H;;;/q;;;2*-1;+2. The fraction of sp³-hybridized carbons (Fsp3) is 0.150. The molecule has 0 fully saturated rings. The van der Waals surface area contributed by atoms with Crippen molar-refractivity contribution in [1.29, 1.82) is 0 Å². The predicted octanol–water partition coefficient (Wildman–Crippen LogP) is 11.1. The Bertz CT molecular complexity index is 2400. The smallest absolute Gasteiger partial charge is 0.480 e. The third-order valence-electron chi connectivity index (χ3n) is 7.34. The van der Waals surface area contributed by atoms with Crippen molar-refractivity contribution in [1.82, 2.24) is 39.7 Å². The average molecular weight is 1150 g/mol. The van der Waals surface area contributed by atoms with Gasteiger partial charge in [0.05, 0.1) is 60.3 Å². The second-order valence-corrected chi connectivity index (χ2v) is 17.6. The molecule has 0 saturated heterocycles. The summed E-state index contributed by atoms with van der Waals surface area (Å²) in [4.78, 5) is 71.6. The summed E-state index contributed by atoms with van der Waals surface area (Å²) in [7, 11) is -21.3. The number of hydrogen-bond donors (Lipinski definition) is 4. The summed E-state index contributed by atoms with van der Waals surface area (Å²) >= 11 is 0. The molecule has 0 aliphatic rings. The Balaban J connectivity index is 0.000000523. The molecule has 0 aliphatic carbocycles. The number of nitrogens with zero attached hydrogens (tertiary/aromatic N) is 8. The molecule has 16 nitrogen and oxygen atoms in total. The van der Waals surface area contributed by atoms with Crippen molar-refractivity contribution in [2.75, 3.05) is 26.2 Å². The molecule has 6 rings (SSSR count). The first-order chi connectivity index (χ1) is 31.9. The molecule has 0 amide bonds. The van der Waals surface area contributed by atoms with Crippen molar-refractivity contribution < 1.29 is 109 Å². The van der Waals surface area contributed by atoms with Gasteiger partial charge in [0.25, 0.3) is 0 Å². The Labute approximate surface area is 406 Å². The van der Waals surface area contributed by atoms with Gasteiger partial charge in [0.1, 0.15) is 0 Å². The van der Waals surface area contributed by atoms with Gasteiger partial charge in [-0.3, -0.25) is 58.9 Å². The van der Waals surface area contributed by atoms with Crippen LogP contribution in [0.2, 0.25) is 0 Å². The Morgan fingerprint density at radius 3 is 0.915 bits per heavy atom. The molecule has 4 N–H and O–H groups in total. The van der Waals surface area contributed by atoms with E-state index in [1.807, 2.05) is 72.8 Å². The minimum absolute atomic E-state index is 0. The fourth-order valence-corrected chi connectivity index (χ4v) is 5.06. The first-order valence-electron chi connectivity index (χ1n) is 19.0. The molecular weight excluding hydrogens is 1110 g/mol. The summed E-state index contributed by atoms with van der Waals surface area (Å²) < 4.78 is 118. The van der Waals surface area contributed by atoms with Crippen LogP contribution in [0, 0.1) is 0 Å². The van der Waals surface area contributed by atoms with Crippen molar-refractivity contribution in [2.45, 2.75) is 13.1 Å². The maximum Gasteiger partial charge on any atom is 2.00 e. The molecule has 0 aromatic carbocycles. The van der Waals surface area contributed by atoms with Gasteiger partial charge in [0.2, 0.25) is 0 Å². The van der Waals surface area contributed by atoms with Crippen LogP contribution in [-0.4, -0.2) is 110 Å². The second-order valence-electron chi connectivity index (χ2n) is 13.7. The summed E-state index contributed by atoms with van der Waals surface area (Å²) in [6, 6.07) is 29.8. The number of aromatic nitrogens is 6. The third-order valence-corrected chi connectivity index (χ3v) is 7.34. The monoisotopic (exact) mass is 1150 g/mol. The molecule has 0 spiro atoms. The van der Waals surface area contributed by atoms with Crippen molar-refractivity contribution in [2.24, 2.45) is 0 Å². The average Bonchev–Trinajstić information content (AvgIpc) is 3.23. The SMILES string of the molecule is F[P-](F)(F)(F)(F)F.F[P-](F)(F)(F)(F)F.O=C(O)CN(CC(=O)O)Cc1ccc(-c2cc(CN(CC(=O)O)CC(=O)O)ccn2)nc1.[Ru+2].c1ccc(-c2ccccn2)nc1.c1ccc(-c2ccccn2)nc1. The van der Waals surface area contributed by atoms with E-state index in [4.69, 9.17) is 20.4 Å². The minimum Gasteiger partial charge on any atom is -0.480 e. The van der Waals surface area contributed by atoms with Crippen LogP contribution >= 0.6 is 15.6 Å². The van der Waals surface area contributed by atoms with Crippen LogP contribution < -0.4 is 0 Å². The zero-order valence-electron chi connectivity index (χ0n) is 35.7. The van der Waals surface area contributed by atoms with E-state index in [9.17, 15) is 69.5 Å². The zero-order valence-corrected chi connectivity index (χ0v) is 39.3. The number of carbonyl (C=O) groups is 4. The molecule has 0 saturated carbocycles. The van der Waals surface area contributed by atoms with Gasteiger partial charge >= 0.3 is 109 Å². The molecule has 0 unspecified atom stereocenters. The van der Waals surface area contributed by atoms with Gasteiger partial charge in [-0.2, -0.15) is 0 Å². The second kappa shape index (κ2) is 24.9. The van der Waals surface area contributed by atoms with E-state index in [0.717, 1.165) is 22.8 Å². The van der Waals surface area contributed by atoms with E-state index in [1.54, 1.807) is 49.1 Å². The number of halogens is 12. The maximum atomic E-state index is 11.0. The van der Waals surface area contributed by atoms with Crippen molar-refractivity contribution in [3.63, 3.8) is 0 Å². The molecule has 0 aliphatic heterocycles. The largest absolute Gasteiger partial charge is 2.00 e. The van der Waals surface area contributed by atoms with Crippen LogP contribution in [0.1, 0.15) is 11.1 Å². The number of carboxylic acids is 4. The van der Waals surface area contributed by atoms with Crippen LogP contribution in [0.4, 0.5) is 50.4 Å². The van der Waals surface area contributed by atoms with Crippen molar-refractivity contribution in [3.05, 3.63) is 145 Å². The first kappa shape index (κ1) is 62.4. The quantitative estimate of drug-likeness (QED) is 0.0425. The molecule has 6 heterocycles. The summed E-state index contributed by atoms with van der Waals surface area (Å²) in [5.74, 6) is -4.57. The van der Waals surface area contributed by atoms with Gasteiger partial charge in [0.15, 0.2) is 0 Å². The van der Waals surface area contributed by atoms with Crippen molar-refractivity contribution >= 4 is 39.5 Å². The van der Waals surface area contributed by atoms with Crippen LogP contribution in [0.25, 0.3) is 34.2 Å². The number of rotatable bonds is 15. The van der Waals surface area contributed by atoms with E-state index in [2.05, 4.69) is 29.9 Å². The minimum atomic E-state index is -10.7. The summed E-state index contributed by atoms with van der Waals surface area (Å²) in [6.45, 7) is -1.55. The summed E-state index contributed by atoms with van der Waals surface area (Å²) in [5, 5.41) is 35.8. The van der Waals surface area contributed by atoms with E-state index >= 15 is 0 Å². The number of aliphatic carboxylic acids is 4. The van der Waals surface area contributed by atoms with Crippen LogP contribution in [-0.2, 0) is 51.7 Å². The molecular formula is C40H38F12N8O8P2Ru. The third kappa shape index (κ3) is 36.0. The topological polar surface area (TPSA) is 233 Å².